The largest absolute Gasteiger partial charge is 0.478 e. The predicted octanol–water partition coefficient (Wildman–Crippen LogP) is 3.35. The summed E-state index contributed by atoms with van der Waals surface area (Å²) in [5, 5.41) is 9.01. The zero-order valence-electron chi connectivity index (χ0n) is 14.7. The fourth-order valence-electron chi connectivity index (χ4n) is 3.65. The maximum atomic E-state index is 13.0. The van der Waals surface area contributed by atoms with Gasteiger partial charge in [-0.25, -0.2) is 4.79 Å². The summed E-state index contributed by atoms with van der Waals surface area (Å²) in [6.07, 6.45) is 4.94. The molecular weight excluding hydrogens is 342 g/mol. The third-order valence-electron chi connectivity index (χ3n) is 5.14. The van der Waals surface area contributed by atoms with E-state index in [0.29, 0.717) is 35.7 Å². The Labute approximate surface area is 156 Å². The molecule has 0 saturated carbocycles. The van der Waals surface area contributed by atoms with Gasteiger partial charge in [0, 0.05) is 25.5 Å². The van der Waals surface area contributed by atoms with Crippen LogP contribution in [0.15, 0.2) is 54.9 Å². The van der Waals surface area contributed by atoms with Gasteiger partial charge in [-0.15, -0.1) is 0 Å². The summed E-state index contributed by atoms with van der Waals surface area (Å²) in [5.74, 6) is -0.592. The number of fused-ring (bicyclic) bond motifs is 1. The molecule has 4 rings (SSSR count). The maximum absolute atomic E-state index is 13.0. The molecule has 1 aliphatic heterocycles. The molecule has 1 saturated heterocycles. The molecule has 0 atom stereocenters. The lowest BCUT2D eigenvalue weighted by Crippen LogP contribution is -2.38. The van der Waals surface area contributed by atoms with E-state index >= 15 is 0 Å². The lowest BCUT2D eigenvalue weighted by Gasteiger charge is -2.32. The van der Waals surface area contributed by atoms with Crippen LogP contribution >= 0.6 is 0 Å². The third kappa shape index (κ3) is 3.38. The number of para-hydroxylation sites is 1. The van der Waals surface area contributed by atoms with Crippen molar-refractivity contribution in [1.29, 1.82) is 0 Å². The minimum absolute atomic E-state index is 0.0132. The number of aromatic nitrogens is 2. The minimum Gasteiger partial charge on any atom is -0.478 e. The molecule has 0 aliphatic carbocycles. The van der Waals surface area contributed by atoms with Crippen LogP contribution in [0.25, 0.3) is 11.0 Å². The molecule has 0 unspecified atom stereocenters. The Bertz CT molecular complexity index is 988. The number of amides is 1. The van der Waals surface area contributed by atoms with Crippen LogP contribution in [0.1, 0.15) is 45.0 Å². The van der Waals surface area contributed by atoms with Crippen LogP contribution in [0.3, 0.4) is 0 Å². The first-order valence-corrected chi connectivity index (χ1v) is 8.96. The van der Waals surface area contributed by atoms with Crippen molar-refractivity contribution in [2.75, 3.05) is 13.1 Å². The van der Waals surface area contributed by atoms with E-state index in [2.05, 4.69) is 9.97 Å². The average Bonchev–Trinajstić information content (AvgIpc) is 2.73. The Morgan fingerprint density at radius 1 is 0.963 bits per heavy atom. The van der Waals surface area contributed by atoms with Crippen LogP contribution < -0.4 is 0 Å². The van der Waals surface area contributed by atoms with Crippen molar-refractivity contribution in [3.8, 4) is 0 Å². The van der Waals surface area contributed by atoms with Crippen LogP contribution in [0.4, 0.5) is 0 Å². The molecule has 1 amide bonds. The van der Waals surface area contributed by atoms with Gasteiger partial charge in [0.25, 0.3) is 5.91 Å². The summed E-state index contributed by atoms with van der Waals surface area (Å²) in [7, 11) is 0. The van der Waals surface area contributed by atoms with Crippen LogP contribution in [0, 0.1) is 0 Å². The SMILES string of the molecule is O=C(O)c1ccc(C2CCN(C(=O)c3cccc4nccnc34)CC2)cc1. The van der Waals surface area contributed by atoms with E-state index in [1.165, 1.54) is 0 Å². The third-order valence-corrected chi connectivity index (χ3v) is 5.14. The fourth-order valence-corrected chi connectivity index (χ4v) is 3.65. The van der Waals surface area contributed by atoms with Crippen molar-refractivity contribution in [2.24, 2.45) is 0 Å². The second-order valence-electron chi connectivity index (χ2n) is 6.72. The summed E-state index contributed by atoms with van der Waals surface area (Å²) < 4.78 is 0. The number of piperidine rings is 1. The van der Waals surface area contributed by atoms with Crippen molar-refractivity contribution in [1.82, 2.24) is 14.9 Å². The van der Waals surface area contributed by atoms with Gasteiger partial charge in [0.15, 0.2) is 0 Å². The van der Waals surface area contributed by atoms with E-state index in [-0.39, 0.29) is 5.91 Å². The zero-order chi connectivity index (χ0) is 18.8. The molecule has 3 aromatic rings. The van der Waals surface area contributed by atoms with E-state index in [9.17, 15) is 9.59 Å². The fraction of sp³-hybridized carbons (Fsp3) is 0.238. The van der Waals surface area contributed by atoms with E-state index in [1.54, 1.807) is 30.6 Å². The summed E-state index contributed by atoms with van der Waals surface area (Å²) in [5.41, 5.74) is 3.37. The standard InChI is InChI=1S/C21H19N3O3/c25-20(17-2-1-3-18-19(17)23-11-10-22-18)24-12-8-15(9-13-24)14-4-6-16(7-5-14)21(26)27/h1-7,10-11,15H,8-9,12-13H2,(H,26,27). The molecular formula is C21H19N3O3. The molecule has 6 heteroatoms. The molecule has 1 N–H and O–H groups in total. The number of benzene rings is 2. The maximum Gasteiger partial charge on any atom is 0.335 e. The number of carbonyl (C=O) groups is 2. The van der Waals surface area contributed by atoms with Gasteiger partial charge < -0.3 is 10.0 Å². The van der Waals surface area contributed by atoms with E-state index < -0.39 is 5.97 Å². The topological polar surface area (TPSA) is 83.4 Å². The molecule has 2 heterocycles. The summed E-state index contributed by atoms with van der Waals surface area (Å²) in [6, 6.07) is 12.5. The Hall–Kier alpha value is -3.28. The second kappa shape index (κ2) is 7.15. The van der Waals surface area contributed by atoms with Gasteiger partial charge in [0.1, 0.15) is 5.52 Å². The monoisotopic (exact) mass is 361 g/mol. The smallest absolute Gasteiger partial charge is 0.335 e. The van der Waals surface area contributed by atoms with E-state index in [4.69, 9.17) is 5.11 Å². The Kier molecular flexibility index (Phi) is 4.54. The normalized spacial score (nSPS) is 15.0. The summed E-state index contributed by atoms with van der Waals surface area (Å²) >= 11 is 0. The summed E-state index contributed by atoms with van der Waals surface area (Å²) in [6.45, 7) is 1.33. The van der Waals surface area contributed by atoms with Crippen molar-refractivity contribution in [3.05, 3.63) is 71.5 Å². The highest BCUT2D eigenvalue weighted by molar-refractivity contribution is 6.04. The van der Waals surface area contributed by atoms with Crippen molar-refractivity contribution in [3.63, 3.8) is 0 Å². The van der Waals surface area contributed by atoms with Crippen LogP contribution in [-0.2, 0) is 0 Å². The number of nitrogens with zero attached hydrogens (tertiary/aromatic N) is 3. The highest BCUT2D eigenvalue weighted by atomic mass is 16.4. The van der Waals surface area contributed by atoms with Gasteiger partial charge in [0.05, 0.1) is 16.6 Å². The predicted molar refractivity (Wildman–Crippen MR) is 101 cm³/mol. The van der Waals surface area contributed by atoms with E-state index in [0.717, 1.165) is 23.9 Å². The number of carbonyl (C=O) groups excluding carboxylic acids is 1. The molecule has 1 aliphatic rings. The first kappa shape index (κ1) is 17.1. The summed E-state index contributed by atoms with van der Waals surface area (Å²) in [4.78, 5) is 34.4. The van der Waals surface area contributed by atoms with Gasteiger partial charge in [-0.3, -0.25) is 14.8 Å². The lowest BCUT2D eigenvalue weighted by atomic mass is 9.88. The number of carboxylic acid groups (broad SMARTS) is 1. The van der Waals surface area contributed by atoms with E-state index in [1.807, 2.05) is 29.2 Å². The molecule has 0 radical (unpaired) electrons. The number of likely N-dealkylation sites (tertiary alicyclic amines) is 1. The number of hydrogen-bond donors (Lipinski definition) is 1. The van der Waals surface area contributed by atoms with Crippen molar-refractivity contribution >= 4 is 22.9 Å². The quantitative estimate of drug-likeness (QED) is 0.773. The number of aromatic carboxylic acids is 1. The highest BCUT2D eigenvalue weighted by Crippen LogP contribution is 2.29. The molecule has 2 aromatic carbocycles. The second-order valence-corrected chi connectivity index (χ2v) is 6.72. The Balaban J connectivity index is 1.47. The number of hydrogen-bond acceptors (Lipinski definition) is 4. The molecule has 1 aromatic heterocycles. The Morgan fingerprint density at radius 3 is 2.37 bits per heavy atom. The molecule has 0 spiro atoms. The van der Waals surface area contributed by atoms with Gasteiger partial charge >= 0.3 is 5.97 Å². The first-order chi connectivity index (χ1) is 13.1. The highest BCUT2D eigenvalue weighted by Gasteiger charge is 2.26. The van der Waals surface area contributed by atoms with Gasteiger partial charge in [0.2, 0.25) is 0 Å². The van der Waals surface area contributed by atoms with Gasteiger partial charge in [-0.1, -0.05) is 18.2 Å². The van der Waals surface area contributed by atoms with Crippen LogP contribution in [-0.4, -0.2) is 44.9 Å². The van der Waals surface area contributed by atoms with Gasteiger partial charge in [-0.05, 0) is 48.6 Å². The molecule has 27 heavy (non-hydrogen) atoms. The molecule has 1 fully saturated rings. The lowest BCUT2D eigenvalue weighted by molar-refractivity contribution is 0.0691. The number of rotatable bonds is 3. The first-order valence-electron chi connectivity index (χ1n) is 8.96. The molecule has 6 nitrogen and oxygen atoms in total. The van der Waals surface area contributed by atoms with Crippen molar-refractivity contribution in [2.45, 2.75) is 18.8 Å². The molecule has 0 bridgehead atoms. The van der Waals surface area contributed by atoms with Crippen molar-refractivity contribution < 1.29 is 14.7 Å². The Morgan fingerprint density at radius 2 is 1.67 bits per heavy atom. The van der Waals surface area contributed by atoms with Crippen LogP contribution in [0.2, 0.25) is 0 Å². The van der Waals surface area contributed by atoms with Crippen LogP contribution in [0.5, 0.6) is 0 Å². The average molecular weight is 361 g/mol. The minimum atomic E-state index is -0.917. The number of carboxylic acids is 1. The zero-order valence-corrected chi connectivity index (χ0v) is 14.7. The van der Waals surface area contributed by atoms with Gasteiger partial charge in [-0.2, -0.15) is 0 Å². The molecule has 136 valence electrons.